The van der Waals surface area contributed by atoms with E-state index in [2.05, 4.69) is 30.5 Å². The van der Waals surface area contributed by atoms with Crippen molar-refractivity contribution < 1.29 is 13.2 Å². The zero-order valence-corrected chi connectivity index (χ0v) is 17.7. The smallest absolute Gasteiger partial charge is 0.213 e. The lowest BCUT2D eigenvalue weighted by Crippen LogP contribution is -2.40. The van der Waals surface area contributed by atoms with E-state index in [-0.39, 0.29) is 18.4 Å². The molecule has 10 nitrogen and oxygen atoms in total. The van der Waals surface area contributed by atoms with Gasteiger partial charge in [0.15, 0.2) is 5.96 Å². The van der Waals surface area contributed by atoms with Crippen molar-refractivity contribution in [1.29, 1.82) is 0 Å². The van der Waals surface area contributed by atoms with E-state index >= 15 is 0 Å². The molecule has 0 amide bonds. The summed E-state index contributed by atoms with van der Waals surface area (Å²) in [5, 5.41) is 14.3. The van der Waals surface area contributed by atoms with Gasteiger partial charge in [0.05, 0.1) is 18.4 Å². The van der Waals surface area contributed by atoms with E-state index in [1.54, 1.807) is 6.33 Å². The summed E-state index contributed by atoms with van der Waals surface area (Å²) in [5.74, 6) is 1.48. The molecule has 1 unspecified atom stereocenters. The molecular formula is C17H33N7O3S. The van der Waals surface area contributed by atoms with Crippen LogP contribution in [0.15, 0.2) is 11.3 Å². The second-order valence-corrected chi connectivity index (χ2v) is 8.56. The van der Waals surface area contributed by atoms with Gasteiger partial charge in [-0.1, -0.05) is 6.92 Å². The molecule has 1 fully saturated rings. The summed E-state index contributed by atoms with van der Waals surface area (Å²) in [4.78, 5) is 4.36. The van der Waals surface area contributed by atoms with Crippen LogP contribution in [-0.2, 0) is 27.7 Å². The molecule has 1 aliphatic heterocycles. The number of guanidine groups is 1. The molecule has 0 aliphatic carbocycles. The number of rotatable bonds is 11. The number of nitrogens with one attached hydrogen (secondary N) is 3. The standard InChI is InChI=1S/C17H33N7O3S/c1-3-16-23-21-14-24(16)10-8-19-17(18-4-2)20-9-12-28(25,26)22-13-15-7-5-6-11-27-15/h14-15,22H,3-13H2,1-2H3,(H2,18,19,20). The summed E-state index contributed by atoms with van der Waals surface area (Å²) in [7, 11) is -3.37. The van der Waals surface area contributed by atoms with Crippen molar-refractivity contribution in [1.82, 2.24) is 30.1 Å². The average molecular weight is 416 g/mol. The van der Waals surface area contributed by atoms with Gasteiger partial charge in [0.1, 0.15) is 12.2 Å². The number of nitrogens with zero attached hydrogens (tertiary/aromatic N) is 4. The van der Waals surface area contributed by atoms with Crippen LogP contribution in [0, 0.1) is 0 Å². The Morgan fingerprint density at radius 3 is 2.93 bits per heavy atom. The van der Waals surface area contributed by atoms with Gasteiger partial charge in [-0.05, 0) is 26.2 Å². The average Bonchev–Trinajstić information content (AvgIpc) is 3.15. The first-order valence-electron chi connectivity index (χ1n) is 10.0. The van der Waals surface area contributed by atoms with Crippen LogP contribution >= 0.6 is 0 Å². The molecule has 28 heavy (non-hydrogen) atoms. The van der Waals surface area contributed by atoms with Crippen molar-refractivity contribution in [2.24, 2.45) is 4.99 Å². The summed E-state index contributed by atoms with van der Waals surface area (Å²) < 4.78 is 34.5. The van der Waals surface area contributed by atoms with Crippen LogP contribution in [0.4, 0.5) is 0 Å². The maximum atomic E-state index is 12.2. The van der Waals surface area contributed by atoms with Crippen LogP contribution in [0.1, 0.15) is 38.9 Å². The molecule has 1 aliphatic rings. The highest BCUT2D eigenvalue weighted by Gasteiger charge is 2.17. The minimum absolute atomic E-state index is 0.0170. The van der Waals surface area contributed by atoms with E-state index in [4.69, 9.17) is 4.74 Å². The molecule has 0 bridgehead atoms. The Balaban J connectivity index is 1.74. The third-order valence-electron chi connectivity index (χ3n) is 4.44. The fraction of sp³-hybridized carbons (Fsp3) is 0.824. The van der Waals surface area contributed by atoms with E-state index in [1.165, 1.54) is 0 Å². The number of aromatic nitrogens is 3. The Labute approximate surface area is 167 Å². The summed E-state index contributed by atoms with van der Waals surface area (Å²) in [6.07, 6.45) is 5.56. The summed E-state index contributed by atoms with van der Waals surface area (Å²) in [6.45, 7) is 7.28. The minimum Gasteiger partial charge on any atom is -0.377 e. The Morgan fingerprint density at radius 2 is 2.21 bits per heavy atom. The Kier molecular flexibility index (Phi) is 9.65. The molecule has 1 saturated heterocycles. The SMILES string of the molecule is CCNC(=NCCS(=O)(=O)NCC1CCCCO1)NCCn1cnnc1CC. The molecular weight excluding hydrogens is 382 g/mol. The quantitative estimate of drug-likeness (QED) is 0.340. The molecule has 0 aromatic carbocycles. The zero-order valence-electron chi connectivity index (χ0n) is 16.9. The van der Waals surface area contributed by atoms with Crippen LogP contribution in [0.2, 0.25) is 0 Å². The van der Waals surface area contributed by atoms with Crippen molar-refractivity contribution in [3.05, 3.63) is 12.2 Å². The number of hydrogen-bond acceptors (Lipinski definition) is 6. The number of aliphatic imine (C=N–C) groups is 1. The Hall–Kier alpha value is -1.72. The monoisotopic (exact) mass is 415 g/mol. The van der Waals surface area contributed by atoms with Crippen LogP contribution in [0.5, 0.6) is 0 Å². The van der Waals surface area contributed by atoms with Crippen LogP contribution in [-0.4, -0.2) is 73.8 Å². The Bertz CT molecular complexity index is 699. The van der Waals surface area contributed by atoms with Crippen LogP contribution < -0.4 is 15.4 Å². The molecule has 160 valence electrons. The molecule has 11 heteroatoms. The summed E-state index contributed by atoms with van der Waals surface area (Å²) >= 11 is 0. The molecule has 0 radical (unpaired) electrons. The highest BCUT2D eigenvalue weighted by molar-refractivity contribution is 7.89. The van der Waals surface area contributed by atoms with Crippen molar-refractivity contribution in [2.75, 3.05) is 38.5 Å². The number of ether oxygens (including phenoxy) is 1. The second-order valence-electron chi connectivity index (χ2n) is 6.64. The van der Waals surface area contributed by atoms with Gasteiger partial charge in [-0.15, -0.1) is 10.2 Å². The predicted octanol–water partition coefficient (Wildman–Crippen LogP) is -0.116. The third kappa shape index (κ3) is 8.11. The van der Waals surface area contributed by atoms with Crippen molar-refractivity contribution in [3.8, 4) is 0 Å². The second kappa shape index (κ2) is 12.0. The molecule has 2 heterocycles. The van der Waals surface area contributed by atoms with E-state index in [0.29, 0.717) is 38.7 Å². The number of hydrogen-bond donors (Lipinski definition) is 3. The molecule has 3 N–H and O–H groups in total. The topological polar surface area (TPSA) is 123 Å². The van der Waals surface area contributed by atoms with Gasteiger partial charge >= 0.3 is 0 Å². The van der Waals surface area contributed by atoms with Gasteiger partial charge in [0.25, 0.3) is 0 Å². The van der Waals surface area contributed by atoms with E-state index < -0.39 is 10.0 Å². The first kappa shape index (κ1) is 22.6. The normalized spacial score (nSPS) is 18.2. The van der Waals surface area contributed by atoms with E-state index in [9.17, 15) is 8.42 Å². The molecule has 0 spiro atoms. The molecule has 1 aromatic heterocycles. The van der Waals surface area contributed by atoms with E-state index in [1.807, 2.05) is 18.4 Å². The first-order chi connectivity index (χ1) is 13.5. The van der Waals surface area contributed by atoms with Crippen LogP contribution in [0.25, 0.3) is 0 Å². The zero-order chi connectivity index (χ0) is 20.2. The maximum absolute atomic E-state index is 12.2. The highest BCUT2D eigenvalue weighted by Crippen LogP contribution is 2.11. The van der Waals surface area contributed by atoms with Gasteiger partial charge in [-0.25, -0.2) is 13.1 Å². The minimum atomic E-state index is -3.37. The largest absolute Gasteiger partial charge is 0.377 e. The van der Waals surface area contributed by atoms with Gasteiger partial charge in [0.2, 0.25) is 10.0 Å². The molecule has 1 aromatic rings. The van der Waals surface area contributed by atoms with E-state index in [0.717, 1.165) is 31.5 Å². The van der Waals surface area contributed by atoms with Gasteiger partial charge < -0.3 is 19.9 Å². The number of aryl methyl sites for hydroxylation is 1. The van der Waals surface area contributed by atoms with Gasteiger partial charge in [0, 0.05) is 39.2 Å². The fourth-order valence-electron chi connectivity index (χ4n) is 2.91. The van der Waals surface area contributed by atoms with Crippen molar-refractivity contribution in [2.45, 2.75) is 52.2 Å². The lowest BCUT2D eigenvalue weighted by atomic mass is 10.1. The third-order valence-corrected chi connectivity index (χ3v) is 5.76. The first-order valence-corrected chi connectivity index (χ1v) is 11.7. The molecule has 0 saturated carbocycles. The van der Waals surface area contributed by atoms with Crippen molar-refractivity contribution >= 4 is 16.0 Å². The van der Waals surface area contributed by atoms with Crippen LogP contribution in [0.3, 0.4) is 0 Å². The summed E-state index contributed by atoms with van der Waals surface area (Å²) in [6, 6.07) is 0. The molecule has 1 atom stereocenters. The predicted molar refractivity (Wildman–Crippen MR) is 109 cm³/mol. The molecule has 2 rings (SSSR count). The maximum Gasteiger partial charge on any atom is 0.213 e. The number of sulfonamides is 1. The lowest BCUT2D eigenvalue weighted by molar-refractivity contribution is 0.0200. The summed E-state index contributed by atoms with van der Waals surface area (Å²) in [5.41, 5.74) is 0. The Morgan fingerprint density at radius 1 is 1.36 bits per heavy atom. The van der Waals surface area contributed by atoms with Gasteiger partial charge in [-0.2, -0.15) is 0 Å². The highest BCUT2D eigenvalue weighted by atomic mass is 32.2. The van der Waals surface area contributed by atoms with Gasteiger partial charge in [-0.3, -0.25) is 4.99 Å². The van der Waals surface area contributed by atoms with Crippen molar-refractivity contribution in [3.63, 3.8) is 0 Å². The lowest BCUT2D eigenvalue weighted by Gasteiger charge is -2.22. The fourth-order valence-corrected chi connectivity index (χ4v) is 3.83.